The lowest BCUT2D eigenvalue weighted by atomic mass is 9.82. The lowest BCUT2D eigenvalue weighted by Gasteiger charge is -2.29. The molecule has 3 aromatic rings. The molecule has 0 atom stereocenters. The predicted octanol–water partition coefficient (Wildman–Crippen LogP) is 6.18. The molecule has 166 valence electrons. The van der Waals surface area contributed by atoms with Gasteiger partial charge in [0, 0.05) is 54.1 Å². The fraction of sp³-hybridized carbons (Fsp3) is 0.435. The highest BCUT2D eigenvalue weighted by molar-refractivity contribution is 14.2. The van der Waals surface area contributed by atoms with Crippen molar-refractivity contribution < 1.29 is 8.42 Å². The summed E-state index contributed by atoms with van der Waals surface area (Å²) in [7, 11) is -1.88. The Hall–Kier alpha value is -1.10. The molecule has 0 aliphatic heterocycles. The zero-order valence-electron chi connectivity index (χ0n) is 18.0. The van der Waals surface area contributed by atoms with E-state index >= 15 is 0 Å². The van der Waals surface area contributed by atoms with E-state index in [1.807, 2.05) is 24.4 Å². The Bertz CT molecular complexity index is 1160. The second-order valence-corrected chi connectivity index (χ2v) is 12.7. The number of pyridine rings is 1. The average Bonchev–Trinajstić information content (AvgIpc) is 3.12. The van der Waals surface area contributed by atoms with Gasteiger partial charge in [-0.15, -0.1) is 0 Å². The molecule has 0 spiro atoms. The van der Waals surface area contributed by atoms with Gasteiger partial charge in [0.05, 0.1) is 4.90 Å². The van der Waals surface area contributed by atoms with Crippen molar-refractivity contribution >= 4 is 51.4 Å². The number of fused-ring (bicyclic) bond motifs is 1. The Morgan fingerprint density at radius 3 is 2.39 bits per heavy atom. The van der Waals surface area contributed by atoms with Gasteiger partial charge in [0.15, 0.2) is 5.65 Å². The van der Waals surface area contributed by atoms with Gasteiger partial charge < -0.3 is 0 Å². The normalized spacial score (nSPS) is 20.3. The van der Waals surface area contributed by atoms with Gasteiger partial charge in [-0.2, -0.15) is 0 Å². The highest BCUT2D eigenvalue weighted by Gasteiger charge is 2.28. The standard InChI is InChI=1S/C23H28IN3O2S2/c1-23(2,3)17-8-12-19(13-9-17)31(28,29)26-18-10-6-16(7-11-18)21-15-27(30-24)22-20(21)5-4-14-25-22/h4-5,8-9,12-16,18,26H,6-7,10-11H2,1-3H3. The Labute approximate surface area is 201 Å². The quantitative estimate of drug-likeness (QED) is 0.373. The van der Waals surface area contributed by atoms with E-state index in [4.69, 9.17) is 0 Å². The minimum Gasteiger partial charge on any atom is -0.266 e. The lowest BCUT2D eigenvalue weighted by Crippen LogP contribution is -2.37. The van der Waals surface area contributed by atoms with Crippen LogP contribution < -0.4 is 4.72 Å². The van der Waals surface area contributed by atoms with Crippen LogP contribution in [0.25, 0.3) is 11.0 Å². The first-order valence-corrected chi connectivity index (χ1v) is 15.4. The molecule has 5 nitrogen and oxygen atoms in total. The van der Waals surface area contributed by atoms with Gasteiger partial charge in [-0.25, -0.2) is 18.1 Å². The molecule has 0 amide bonds. The smallest absolute Gasteiger partial charge is 0.240 e. The van der Waals surface area contributed by atoms with Crippen molar-refractivity contribution in [1.82, 2.24) is 13.7 Å². The van der Waals surface area contributed by atoms with Crippen LogP contribution in [0.2, 0.25) is 0 Å². The number of benzene rings is 1. The Morgan fingerprint density at radius 2 is 1.77 bits per heavy atom. The van der Waals surface area contributed by atoms with E-state index in [1.165, 1.54) is 10.9 Å². The van der Waals surface area contributed by atoms with E-state index in [1.54, 1.807) is 21.3 Å². The molecule has 1 N–H and O–H groups in total. The van der Waals surface area contributed by atoms with Crippen molar-refractivity contribution in [1.29, 1.82) is 0 Å². The minimum absolute atomic E-state index is 0.00253. The molecule has 1 fully saturated rings. The maximum Gasteiger partial charge on any atom is 0.240 e. The molecule has 2 heterocycles. The van der Waals surface area contributed by atoms with Gasteiger partial charge in [-0.3, -0.25) is 3.97 Å². The second-order valence-electron chi connectivity index (χ2n) is 9.30. The largest absolute Gasteiger partial charge is 0.266 e. The van der Waals surface area contributed by atoms with Gasteiger partial charge in [-0.1, -0.05) is 32.9 Å². The van der Waals surface area contributed by atoms with Crippen molar-refractivity contribution in [3.8, 4) is 0 Å². The van der Waals surface area contributed by atoms with Crippen LogP contribution in [0.5, 0.6) is 0 Å². The van der Waals surface area contributed by atoms with Gasteiger partial charge in [0.1, 0.15) is 0 Å². The van der Waals surface area contributed by atoms with Crippen molar-refractivity contribution in [3.05, 3.63) is 59.9 Å². The van der Waals surface area contributed by atoms with Crippen LogP contribution in [0.1, 0.15) is 63.5 Å². The van der Waals surface area contributed by atoms with E-state index in [-0.39, 0.29) is 11.5 Å². The van der Waals surface area contributed by atoms with E-state index < -0.39 is 10.0 Å². The molecular weight excluding hydrogens is 541 g/mol. The minimum atomic E-state index is -3.51. The van der Waals surface area contributed by atoms with Gasteiger partial charge in [0.2, 0.25) is 10.0 Å². The summed E-state index contributed by atoms with van der Waals surface area (Å²) in [5, 5.41) is 1.20. The van der Waals surface area contributed by atoms with Crippen LogP contribution in [0.15, 0.2) is 53.7 Å². The Kier molecular flexibility index (Phi) is 6.72. The summed E-state index contributed by atoms with van der Waals surface area (Å²) in [6, 6.07) is 11.4. The molecule has 0 bridgehead atoms. The molecule has 1 aromatic carbocycles. The van der Waals surface area contributed by atoms with Crippen molar-refractivity contribution in [2.75, 3.05) is 0 Å². The van der Waals surface area contributed by atoms with Crippen LogP contribution in [0.4, 0.5) is 0 Å². The molecule has 1 saturated carbocycles. The Morgan fingerprint density at radius 1 is 1.10 bits per heavy atom. The fourth-order valence-electron chi connectivity index (χ4n) is 4.38. The number of hydrogen-bond donors (Lipinski definition) is 1. The first kappa shape index (κ1) is 23.1. The third-order valence-corrected chi connectivity index (χ3v) is 9.39. The molecule has 31 heavy (non-hydrogen) atoms. The first-order chi connectivity index (χ1) is 14.7. The maximum absolute atomic E-state index is 12.9. The molecule has 4 rings (SSSR count). The number of nitrogens with one attached hydrogen (secondary N) is 1. The highest BCUT2D eigenvalue weighted by atomic mass is 127. The topological polar surface area (TPSA) is 64.0 Å². The molecule has 1 aliphatic carbocycles. The van der Waals surface area contributed by atoms with E-state index in [9.17, 15) is 8.42 Å². The summed E-state index contributed by atoms with van der Waals surface area (Å²) in [5.74, 6) is 0.434. The summed E-state index contributed by atoms with van der Waals surface area (Å²) < 4.78 is 30.9. The van der Waals surface area contributed by atoms with Crippen molar-refractivity contribution in [2.24, 2.45) is 0 Å². The lowest BCUT2D eigenvalue weighted by molar-refractivity contribution is 0.375. The zero-order valence-corrected chi connectivity index (χ0v) is 21.8. The molecular formula is C23H28IN3O2S2. The third kappa shape index (κ3) is 4.96. The number of hydrogen-bond acceptors (Lipinski definition) is 4. The van der Waals surface area contributed by atoms with Gasteiger partial charge in [-0.05, 0) is 72.4 Å². The SMILES string of the molecule is CC(C)(C)c1ccc(S(=O)(=O)NC2CCC(c3cn(SI)c4ncccc34)CC2)cc1. The number of rotatable bonds is 5. The highest BCUT2D eigenvalue weighted by Crippen LogP contribution is 2.39. The number of halogens is 1. The summed E-state index contributed by atoms with van der Waals surface area (Å²) in [6.45, 7) is 6.37. The Balaban J connectivity index is 1.44. The zero-order chi connectivity index (χ0) is 22.2. The third-order valence-electron chi connectivity index (χ3n) is 6.16. The molecule has 1 aliphatic rings. The van der Waals surface area contributed by atoms with E-state index in [2.05, 4.69) is 67.9 Å². The van der Waals surface area contributed by atoms with Crippen LogP contribution in [-0.2, 0) is 15.4 Å². The van der Waals surface area contributed by atoms with E-state index in [0.717, 1.165) is 36.9 Å². The summed E-state index contributed by atoms with van der Waals surface area (Å²) in [5.41, 5.74) is 3.46. The molecule has 0 unspecified atom stereocenters. The van der Waals surface area contributed by atoms with Crippen molar-refractivity contribution in [3.63, 3.8) is 0 Å². The number of aromatic nitrogens is 2. The van der Waals surface area contributed by atoms with Crippen LogP contribution >= 0.6 is 30.3 Å². The fourth-order valence-corrected chi connectivity index (χ4v) is 6.95. The van der Waals surface area contributed by atoms with E-state index in [0.29, 0.717) is 10.8 Å². The first-order valence-electron chi connectivity index (χ1n) is 10.6. The van der Waals surface area contributed by atoms with Crippen LogP contribution in [-0.4, -0.2) is 23.4 Å². The molecule has 2 aromatic heterocycles. The second kappa shape index (κ2) is 9.03. The summed E-state index contributed by atoms with van der Waals surface area (Å²) in [4.78, 5) is 4.87. The molecule has 0 radical (unpaired) electrons. The predicted molar refractivity (Wildman–Crippen MR) is 137 cm³/mol. The summed E-state index contributed by atoms with van der Waals surface area (Å²) in [6.07, 6.45) is 7.64. The van der Waals surface area contributed by atoms with Crippen LogP contribution in [0, 0.1) is 0 Å². The monoisotopic (exact) mass is 569 g/mol. The summed E-state index contributed by atoms with van der Waals surface area (Å²) >= 11 is 2.28. The number of sulfonamides is 1. The molecule has 0 saturated heterocycles. The average molecular weight is 570 g/mol. The van der Waals surface area contributed by atoms with Crippen molar-refractivity contribution in [2.45, 2.75) is 68.7 Å². The maximum atomic E-state index is 12.9. The van der Waals surface area contributed by atoms with Crippen LogP contribution in [0.3, 0.4) is 0 Å². The number of nitrogens with zero attached hydrogens (tertiary/aromatic N) is 2. The van der Waals surface area contributed by atoms with Gasteiger partial charge in [0.25, 0.3) is 0 Å². The molecule has 8 heteroatoms. The van der Waals surface area contributed by atoms with Gasteiger partial charge >= 0.3 is 0 Å².